The molecule has 0 aliphatic rings. The zero-order chi connectivity index (χ0) is 17.4. The molecule has 0 radical (unpaired) electrons. The molecule has 0 saturated heterocycles. The molecule has 2 rings (SSSR count). The van der Waals surface area contributed by atoms with Crippen LogP contribution in [0.25, 0.3) is 4.98 Å². The Morgan fingerprint density at radius 3 is 2.33 bits per heavy atom. The number of ether oxygens (including phenoxy) is 3. The molecule has 0 aromatic heterocycles. The van der Waals surface area contributed by atoms with Crippen LogP contribution in [0.1, 0.15) is 19.4 Å². The second kappa shape index (κ2) is 8.63. The van der Waals surface area contributed by atoms with Gasteiger partial charge in [0.1, 0.15) is 5.69 Å². The molecule has 0 fully saturated rings. The van der Waals surface area contributed by atoms with Crippen LogP contribution in [0.4, 0.5) is 11.4 Å². The SMILES string of the molecule is CCOc1cc([N+]#N)c(OCC)c(NCc2ccccc2)c1OC. The Labute approximate surface area is 142 Å². The van der Waals surface area contributed by atoms with Crippen LogP contribution in [0.15, 0.2) is 36.4 Å². The molecule has 0 amide bonds. The van der Waals surface area contributed by atoms with Crippen LogP contribution in [0.2, 0.25) is 0 Å². The van der Waals surface area contributed by atoms with Crippen LogP contribution in [-0.2, 0) is 6.54 Å². The normalized spacial score (nSPS) is 9.92. The van der Waals surface area contributed by atoms with Crippen LogP contribution in [0.3, 0.4) is 0 Å². The van der Waals surface area contributed by atoms with Gasteiger partial charge in [-0.1, -0.05) is 30.3 Å². The Bertz CT molecular complexity index is 712. The van der Waals surface area contributed by atoms with E-state index in [1.807, 2.05) is 44.2 Å². The van der Waals surface area contributed by atoms with Crippen LogP contribution >= 0.6 is 0 Å². The highest BCUT2D eigenvalue weighted by Crippen LogP contribution is 2.49. The molecule has 0 spiro atoms. The van der Waals surface area contributed by atoms with E-state index < -0.39 is 0 Å². The largest absolute Gasteiger partial charge is 0.491 e. The minimum atomic E-state index is 0.289. The van der Waals surface area contributed by atoms with Gasteiger partial charge in [-0.2, -0.15) is 0 Å². The number of nitrogens with one attached hydrogen (secondary N) is 1. The van der Waals surface area contributed by atoms with Gasteiger partial charge in [-0.15, -0.1) is 0 Å². The smallest absolute Gasteiger partial charge is 0.432 e. The lowest BCUT2D eigenvalue weighted by atomic mass is 10.2. The Hall–Kier alpha value is -2.94. The molecule has 126 valence electrons. The molecular weight excluding hydrogens is 306 g/mol. The Kier molecular flexibility index (Phi) is 6.26. The number of anilines is 1. The Morgan fingerprint density at radius 2 is 1.75 bits per heavy atom. The summed E-state index contributed by atoms with van der Waals surface area (Å²) in [7, 11) is 1.57. The van der Waals surface area contributed by atoms with E-state index in [2.05, 4.69) is 10.3 Å². The maximum absolute atomic E-state index is 9.33. The predicted octanol–water partition coefficient (Wildman–Crippen LogP) is 4.59. The highest BCUT2D eigenvalue weighted by molar-refractivity contribution is 5.81. The Morgan fingerprint density at radius 1 is 1.04 bits per heavy atom. The summed E-state index contributed by atoms with van der Waals surface area (Å²) < 4.78 is 16.8. The molecule has 0 bridgehead atoms. The topological polar surface area (TPSA) is 67.9 Å². The van der Waals surface area contributed by atoms with E-state index in [4.69, 9.17) is 14.2 Å². The monoisotopic (exact) mass is 328 g/mol. The maximum atomic E-state index is 9.33. The van der Waals surface area contributed by atoms with Gasteiger partial charge in [-0.3, -0.25) is 0 Å². The van der Waals surface area contributed by atoms with Crippen molar-refractivity contribution in [1.29, 1.82) is 5.39 Å². The standard InChI is InChI=1S/C18H22N3O3/c1-4-23-15-11-14(21-19)17(24-5-2)16(18(15)22-3)20-12-13-9-7-6-8-10-13/h6-11,20H,4-5,12H2,1-3H3/q+1. The van der Waals surface area contributed by atoms with Gasteiger partial charge in [0.2, 0.25) is 11.1 Å². The second-order valence-electron chi connectivity index (χ2n) is 4.94. The summed E-state index contributed by atoms with van der Waals surface area (Å²) in [6.07, 6.45) is 0. The number of diazo groups is 1. The van der Waals surface area contributed by atoms with Gasteiger partial charge in [-0.25, -0.2) is 0 Å². The highest BCUT2D eigenvalue weighted by Gasteiger charge is 2.28. The van der Waals surface area contributed by atoms with Gasteiger partial charge in [0.25, 0.3) is 0 Å². The number of hydrogen-bond donors (Lipinski definition) is 1. The van der Waals surface area contributed by atoms with E-state index in [1.165, 1.54) is 0 Å². The van der Waals surface area contributed by atoms with Gasteiger partial charge in [0.15, 0.2) is 16.5 Å². The number of rotatable bonds is 8. The van der Waals surface area contributed by atoms with Crippen molar-refractivity contribution in [3.63, 3.8) is 0 Å². The second-order valence-corrected chi connectivity index (χ2v) is 4.94. The summed E-state index contributed by atoms with van der Waals surface area (Å²) in [4.78, 5) is 3.32. The molecule has 0 heterocycles. The average molecular weight is 328 g/mol. The van der Waals surface area contributed by atoms with Gasteiger partial charge in [0.05, 0.1) is 26.4 Å². The van der Waals surface area contributed by atoms with Crippen molar-refractivity contribution >= 4 is 11.4 Å². The molecule has 1 N–H and O–H groups in total. The fourth-order valence-electron chi connectivity index (χ4n) is 2.39. The molecule has 2 aromatic carbocycles. The molecule has 24 heavy (non-hydrogen) atoms. The Balaban J connectivity index is 2.47. The third-order valence-corrected chi connectivity index (χ3v) is 3.39. The van der Waals surface area contributed by atoms with Gasteiger partial charge in [-0.05, 0) is 19.4 Å². The third-order valence-electron chi connectivity index (χ3n) is 3.39. The summed E-state index contributed by atoms with van der Waals surface area (Å²) in [5.41, 5.74) is 1.99. The van der Waals surface area contributed by atoms with Crippen LogP contribution < -0.4 is 19.5 Å². The lowest BCUT2D eigenvalue weighted by Crippen LogP contribution is -2.06. The van der Waals surface area contributed by atoms with Crippen molar-refractivity contribution in [2.75, 3.05) is 25.6 Å². The van der Waals surface area contributed by atoms with E-state index >= 15 is 0 Å². The van der Waals surface area contributed by atoms with E-state index in [9.17, 15) is 5.39 Å². The van der Waals surface area contributed by atoms with Crippen molar-refractivity contribution in [2.24, 2.45) is 0 Å². The molecule has 0 saturated carbocycles. The van der Waals surface area contributed by atoms with Crippen molar-refractivity contribution in [2.45, 2.75) is 20.4 Å². The molecule has 2 aromatic rings. The first-order valence-corrected chi connectivity index (χ1v) is 7.88. The first-order valence-electron chi connectivity index (χ1n) is 7.88. The quantitative estimate of drug-likeness (QED) is 0.718. The van der Waals surface area contributed by atoms with E-state index in [0.717, 1.165) is 5.56 Å². The zero-order valence-electron chi connectivity index (χ0n) is 14.2. The highest BCUT2D eigenvalue weighted by atomic mass is 16.5. The lowest BCUT2D eigenvalue weighted by molar-refractivity contribution is 0.306. The molecular formula is C18H22N3O3+. The van der Waals surface area contributed by atoms with Crippen molar-refractivity contribution in [3.8, 4) is 17.2 Å². The molecule has 0 atom stereocenters. The van der Waals surface area contributed by atoms with E-state index in [-0.39, 0.29) is 5.69 Å². The summed E-state index contributed by atoms with van der Waals surface area (Å²) in [5, 5.41) is 12.6. The number of hydrogen-bond acceptors (Lipinski definition) is 5. The third kappa shape index (κ3) is 3.87. The summed E-state index contributed by atoms with van der Waals surface area (Å²) in [6, 6.07) is 11.5. The summed E-state index contributed by atoms with van der Waals surface area (Å²) in [5.74, 6) is 1.44. The van der Waals surface area contributed by atoms with Crippen molar-refractivity contribution < 1.29 is 14.2 Å². The van der Waals surface area contributed by atoms with Gasteiger partial charge < -0.3 is 19.5 Å². The van der Waals surface area contributed by atoms with Gasteiger partial charge in [0, 0.05) is 6.54 Å². The summed E-state index contributed by atoms with van der Waals surface area (Å²) in [6.45, 7) is 5.21. The maximum Gasteiger partial charge on any atom is 0.432 e. The zero-order valence-corrected chi connectivity index (χ0v) is 14.2. The van der Waals surface area contributed by atoms with Crippen molar-refractivity contribution in [1.82, 2.24) is 0 Å². The minimum absolute atomic E-state index is 0.289. The average Bonchev–Trinajstić information content (AvgIpc) is 2.62. The molecule has 0 aliphatic carbocycles. The van der Waals surface area contributed by atoms with Crippen LogP contribution in [0, 0.1) is 5.39 Å². The fourth-order valence-corrected chi connectivity index (χ4v) is 2.39. The van der Waals surface area contributed by atoms with Crippen molar-refractivity contribution in [3.05, 3.63) is 46.9 Å². The molecule has 6 nitrogen and oxygen atoms in total. The first-order chi connectivity index (χ1) is 11.7. The number of nitrogens with zero attached hydrogens (tertiary/aromatic N) is 2. The van der Waals surface area contributed by atoms with Gasteiger partial charge >= 0.3 is 5.69 Å². The summed E-state index contributed by atoms with van der Waals surface area (Å²) >= 11 is 0. The van der Waals surface area contributed by atoms with E-state index in [0.29, 0.717) is 42.7 Å². The first kappa shape index (κ1) is 17.4. The van der Waals surface area contributed by atoms with Crippen LogP contribution in [0.5, 0.6) is 17.2 Å². The number of methoxy groups -OCH3 is 1. The predicted molar refractivity (Wildman–Crippen MR) is 93.8 cm³/mol. The molecule has 0 aliphatic heterocycles. The minimum Gasteiger partial charge on any atom is -0.491 e. The molecule has 6 heteroatoms. The lowest BCUT2D eigenvalue weighted by Gasteiger charge is -2.17. The van der Waals surface area contributed by atoms with E-state index in [1.54, 1.807) is 13.2 Å². The van der Waals surface area contributed by atoms with Crippen LogP contribution in [-0.4, -0.2) is 20.3 Å². The fraction of sp³-hybridized carbons (Fsp3) is 0.333. The number of benzene rings is 2. The molecule has 0 unspecified atom stereocenters.